The SMILES string of the molecule is CC(C(=O)N1c2ccccc2CCc2ccccc21)n1nnc(-c2cccnc2)n1. The normalized spacial score (nSPS) is 13.8. The summed E-state index contributed by atoms with van der Waals surface area (Å²) in [5.41, 5.74) is 4.88. The highest BCUT2D eigenvalue weighted by molar-refractivity contribution is 6.04. The van der Waals surface area contributed by atoms with Crippen molar-refractivity contribution in [2.24, 2.45) is 0 Å². The molecule has 1 amide bonds. The topological polar surface area (TPSA) is 76.8 Å². The molecule has 1 atom stereocenters. The molecule has 1 aliphatic heterocycles. The second-order valence-electron chi connectivity index (χ2n) is 7.28. The summed E-state index contributed by atoms with van der Waals surface area (Å²) in [6.45, 7) is 1.80. The van der Waals surface area contributed by atoms with Gasteiger partial charge in [0.15, 0.2) is 0 Å². The smallest absolute Gasteiger partial charge is 0.258 e. The van der Waals surface area contributed by atoms with Gasteiger partial charge in [-0.1, -0.05) is 36.4 Å². The molecule has 7 nitrogen and oxygen atoms in total. The van der Waals surface area contributed by atoms with Crippen molar-refractivity contribution in [3.8, 4) is 11.4 Å². The third-order valence-electron chi connectivity index (χ3n) is 5.40. The van der Waals surface area contributed by atoms with E-state index >= 15 is 0 Å². The van der Waals surface area contributed by atoms with Gasteiger partial charge < -0.3 is 0 Å². The number of carbonyl (C=O) groups is 1. The number of tetrazole rings is 1. The average Bonchev–Trinajstić information content (AvgIpc) is 3.23. The van der Waals surface area contributed by atoms with Crippen LogP contribution in [0.2, 0.25) is 0 Å². The largest absolute Gasteiger partial charge is 0.279 e. The van der Waals surface area contributed by atoms with Crippen molar-refractivity contribution in [2.45, 2.75) is 25.8 Å². The van der Waals surface area contributed by atoms with Gasteiger partial charge in [-0.05, 0) is 60.4 Å². The molecule has 0 spiro atoms. The number of rotatable bonds is 3. The van der Waals surface area contributed by atoms with Crippen LogP contribution >= 0.6 is 0 Å². The minimum absolute atomic E-state index is 0.105. The monoisotopic (exact) mass is 396 g/mol. The lowest BCUT2D eigenvalue weighted by atomic mass is 10.0. The molecule has 0 bridgehead atoms. The number of pyridine rings is 1. The molecule has 2 aromatic carbocycles. The van der Waals surface area contributed by atoms with Crippen molar-refractivity contribution < 1.29 is 4.79 Å². The molecule has 3 heterocycles. The van der Waals surface area contributed by atoms with Crippen LogP contribution in [-0.4, -0.2) is 31.1 Å². The second kappa shape index (κ2) is 7.51. The molecular weight excluding hydrogens is 376 g/mol. The Labute approximate surface area is 174 Å². The Balaban J connectivity index is 1.54. The maximum absolute atomic E-state index is 13.7. The van der Waals surface area contributed by atoms with Gasteiger partial charge in [-0.15, -0.1) is 10.2 Å². The third kappa shape index (κ3) is 3.14. The molecule has 0 saturated heterocycles. The average molecular weight is 396 g/mol. The molecule has 148 valence electrons. The van der Waals surface area contributed by atoms with Crippen molar-refractivity contribution >= 4 is 17.3 Å². The number of benzene rings is 2. The Bertz CT molecular complexity index is 1160. The summed E-state index contributed by atoms with van der Waals surface area (Å²) in [7, 11) is 0. The molecule has 0 aliphatic carbocycles. The maximum Gasteiger partial charge on any atom is 0.258 e. The van der Waals surface area contributed by atoms with Crippen LogP contribution in [-0.2, 0) is 17.6 Å². The molecule has 30 heavy (non-hydrogen) atoms. The van der Waals surface area contributed by atoms with Crippen molar-refractivity contribution in [2.75, 3.05) is 4.90 Å². The van der Waals surface area contributed by atoms with Gasteiger partial charge in [0.25, 0.3) is 5.91 Å². The molecule has 5 rings (SSSR count). The summed E-state index contributed by atoms with van der Waals surface area (Å²) >= 11 is 0. The molecule has 0 fully saturated rings. The number of hydrogen-bond acceptors (Lipinski definition) is 5. The Morgan fingerprint density at radius 3 is 2.23 bits per heavy atom. The second-order valence-corrected chi connectivity index (χ2v) is 7.28. The summed E-state index contributed by atoms with van der Waals surface area (Å²) in [6, 6.07) is 19.2. The molecule has 4 aromatic rings. The zero-order valence-corrected chi connectivity index (χ0v) is 16.5. The van der Waals surface area contributed by atoms with Crippen LogP contribution in [0.25, 0.3) is 11.4 Å². The highest BCUT2D eigenvalue weighted by Crippen LogP contribution is 2.37. The lowest BCUT2D eigenvalue weighted by molar-refractivity contribution is -0.121. The fourth-order valence-electron chi connectivity index (χ4n) is 3.80. The van der Waals surface area contributed by atoms with Crippen LogP contribution in [0.15, 0.2) is 73.1 Å². The van der Waals surface area contributed by atoms with E-state index in [2.05, 4.69) is 32.5 Å². The fraction of sp³-hybridized carbons (Fsp3) is 0.174. The maximum atomic E-state index is 13.7. The van der Waals surface area contributed by atoms with E-state index in [0.29, 0.717) is 5.82 Å². The minimum Gasteiger partial charge on any atom is -0.279 e. The number of aromatic nitrogens is 5. The summed E-state index contributed by atoms with van der Waals surface area (Å²) in [6.07, 6.45) is 5.14. The van der Waals surface area contributed by atoms with E-state index in [1.807, 2.05) is 48.5 Å². The van der Waals surface area contributed by atoms with Crippen LogP contribution < -0.4 is 4.90 Å². The molecule has 0 N–H and O–H groups in total. The summed E-state index contributed by atoms with van der Waals surface area (Å²) in [5, 5.41) is 12.7. The number of hydrogen-bond donors (Lipinski definition) is 0. The number of carbonyl (C=O) groups excluding carboxylic acids is 1. The van der Waals surface area contributed by atoms with Crippen LogP contribution in [0.5, 0.6) is 0 Å². The van der Waals surface area contributed by atoms with Crippen molar-refractivity contribution in [1.29, 1.82) is 0 Å². The molecule has 0 saturated carbocycles. The highest BCUT2D eigenvalue weighted by atomic mass is 16.2. The fourth-order valence-corrected chi connectivity index (χ4v) is 3.80. The highest BCUT2D eigenvalue weighted by Gasteiger charge is 2.30. The van der Waals surface area contributed by atoms with Crippen LogP contribution in [0.3, 0.4) is 0 Å². The number of amides is 1. The van der Waals surface area contributed by atoms with E-state index in [1.54, 1.807) is 24.2 Å². The van der Waals surface area contributed by atoms with E-state index in [4.69, 9.17) is 0 Å². The predicted molar refractivity (Wildman–Crippen MR) is 113 cm³/mol. The first-order valence-electron chi connectivity index (χ1n) is 9.92. The Morgan fingerprint density at radius 1 is 0.933 bits per heavy atom. The van der Waals surface area contributed by atoms with Crippen LogP contribution in [0.1, 0.15) is 24.1 Å². The van der Waals surface area contributed by atoms with Gasteiger partial charge in [0.1, 0.15) is 6.04 Å². The van der Waals surface area contributed by atoms with Crippen molar-refractivity contribution in [3.05, 3.63) is 84.2 Å². The van der Waals surface area contributed by atoms with Gasteiger partial charge in [0, 0.05) is 18.0 Å². The molecule has 1 aliphatic rings. The first-order chi connectivity index (χ1) is 14.7. The van der Waals surface area contributed by atoms with Crippen LogP contribution in [0.4, 0.5) is 11.4 Å². The van der Waals surface area contributed by atoms with Gasteiger partial charge in [-0.3, -0.25) is 14.7 Å². The first kappa shape index (κ1) is 18.2. The number of nitrogens with zero attached hydrogens (tertiary/aromatic N) is 6. The van der Waals surface area contributed by atoms with Crippen molar-refractivity contribution in [3.63, 3.8) is 0 Å². The molecule has 7 heteroatoms. The lowest BCUT2D eigenvalue weighted by Gasteiger charge is -2.27. The predicted octanol–water partition coefficient (Wildman–Crippen LogP) is 3.76. The molecule has 2 aromatic heterocycles. The van der Waals surface area contributed by atoms with E-state index in [-0.39, 0.29) is 5.91 Å². The molecular formula is C23H20N6O. The first-order valence-corrected chi connectivity index (χ1v) is 9.92. The Hall–Kier alpha value is -3.87. The summed E-state index contributed by atoms with van der Waals surface area (Å²) in [4.78, 5) is 21.0. The van der Waals surface area contributed by atoms with Crippen molar-refractivity contribution in [1.82, 2.24) is 25.2 Å². The van der Waals surface area contributed by atoms with Gasteiger partial charge >= 0.3 is 0 Å². The van der Waals surface area contributed by atoms with Gasteiger partial charge in [-0.25, -0.2) is 0 Å². The zero-order valence-electron chi connectivity index (χ0n) is 16.5. The van der Waals surface area contributed by atoms with E-state index < -0.39 is 6.04 Å². The van der Waals surface area contributed by atoms with E-state index in [1.165, 1.54) is 4.80 Å². The van der Waals surface area contributed by atoms with Gasteiger partial charge in [0.05, 0.1) is 11.4 Å². The van der Waals surface area contributed by atoms with Gasteiger partial charge in [-0.2, -0.15) is 4.80 Å². The number of anilines is 2. The zero-order chi connectivity index (χ0) is 20.5. The third-order valence-corrected chi connectivity index (χ3v) is 5.40. The lowest BCUT2D eigenvalue weighted by Crippen LogP contribution is -2.34. The Morgan fingerprint density at radius 2 is 1.60 bits per heavy atom. The molecule has 1 unspecified atom stereocenters. The van der Waals surface area contributed by atoms with Gasteiger partial charge in [0.2, 0.25) is 5.82 Å². The minimum atomic E-state index is -0.623. The standard InChI is InChI=1S/C23H20N6O/c1-16(29-26-22(25-27-29)19-9-6-14-24-15-19)23(30)28-20-10-4-2-7-17(20)12-13-18-8-3-5-11-21(18)28/h2-11,14-16H,12-13H2,1H3. The summed E-state index contributed by atoms with van der Waals surface area (Å²) < 4.78 is 0. The van der Waals surface area contributed by atoms with Crippen LogP contribution in [0, 0.1) is 0 Å². The Kier molecular flexibility index (Phi) is 4.55. The quantitative estimate of drug-likeness (QED) is 0.527. The van der Waals surface area contributed by atoms with E-state index in [9.17, 15) is 4.79 Å². The number of para-hydroxylation sites is 2. The molecule has 0 radical (unpaired) electrons. The summed E-state index contributed by atoms with van der Waals surface area (Å²) in [5.74, 6) is 0.339. The number of aryl methyl sites for hydroxylation is 2. The van der Waals surface area contributed by atoms with E-state index in [0.717, 1.165) is 40.9 Å². The number of fused-ring (bicyclic) bond motifs is 2.